The molecule has 0 atom stereocenters. The van der Waals surface area contributed by atoms with E-state index >= 15 is 0 Å². The van der Waals surface area contributed by atoms with Crippen LogP contribution in [0, 0.1) is 12.8 Å². The van der Waals surface area contributed by atoms with Crippen LogP contribution < -0.4 is 15.6 Å². The molecule has 1 aliphatic heterocycles. The number of likely N-dealkylation sites (tertiary alicyclic amines) is 1. The largest absolute Gasteiger partial charge is 0.496 e. The second-order valence-corrected chi connectivity index (χ2v) is 8.56. The first-order valence-corrected chi connectivity index (χ1v) is 11.0. The van der Waals surface area contributed by atoms with Crippen molar-refractivity contribution >= 4 is 33.4 Å². The summed E-state index contributed by atoms with van der Waals surface area (Å²) < 4.78 is 5.32. The molecule has 162 valence electrons. The molecule has 4 rings (SSSR count). The topological polar surface area (TPSA) is 104 Å². The monoisotopic (exact) mass is 440 g/mol. The van der Waals surface area contributed by atoms with Gasteiger partial charge in [0.25, 0.3) is 11.5 Å². The van der Waals surface area contributed by atoms with Crippen LogP contribution in [0.4, 0.5) is 0 Å². The lowest BCUT2D eigenvalue weighted by Gasteiger charge is -2.31. The van der Waals surface area contributed by atoms with Crippen LogP contribution in [0.3, 0.4) is 0 Å². The number of fused-ring (bicyclic) bond motifs is 1. The zero-order valence-corrected chi connectivity index (χ0v) is 18.3. The molecule has 0 bridgehead atoms. The van der Waals surface area contributed by atoms with Crippen molar-refractivity contribution in [2.75, 3.05) is 20.2 Å². The molecule has 1 saturated heterocycles. The van der Waals surface area contributed by atoms with E-state index in [-0.39, 0.29) is 23.3 Å². The zero-order valence-electron chi connectivity index (χ0n) is 17.4. The van der Waals surface area contributed by atoms with E-state index in [4.69, 9.17) is 4.74 Å². The first kappa shape index (κ1) is 21.0. The second-order valence-electron chi connectivity index (χ2n) is 7.56. The number of methoxy groups -OCH3 is 1. The minimum atomic E-state index is -0.233. The standard InChI is InChI=1S/C22H24N4O4S/c1-13-17-20(28)24-12-25-21(17)31-18(13)22(29)26-9-7-14(8-10-26)19(27)23-11-15-5-3-4-6-16(15)30-2/h3-6,12,14H,7-11H2,1-2H3,(H,23,27)(H,24,25,28). The maximum absolute atomic E-state index is 13.0. The highest BCUT2D eigenvalue weighted by atomic mass is 32.1. The third kappa shape index (κ3) is 4.18. The van der Waals surface area contributed by atoms with Crippen molar-refractivity contribution in [1.29, 1.82) is 0 Å². The number of para-hydroxylation sites is 1. The van der Waals surface area contributed by atoms with Crippen LogP contribution in [0.25, 0.3) is 10.2 Å². The minimum absolute atomic E-state index is 0.00761. The molecule has 3 heterocycles. The number of piperidine rings is 1. The summed E-state index contributed by atoms with van der Waals surface area (Å²) in [6.07, 6.45) is 2.56. The third-order valence-corrected chi connectivity index (χ3v) is 6.91. The Morgan fingerprint density at radius 2 is 2.03 bits per heavy atom. The van der Waals surface area contributed by atoms with E-state index in [1.54, 1.807) is 18.9 Å². The Labute approximate surface area is 183 Å². The van der Waals surface area contributed by atoms with Gasteiger partial charge in [0.1, 0.15) is 10.6 Å². The lowest BCUT2D eigenvalue weighted by Crippen LogP contribution is -2.42. The molecule has 9 heteroatoms. The van der Waals surface area contributed by atoms with Gasteiger partial charge in [-0.2, -0.15) is 0 Å². The molecule has 2 N–H and O–H groups in total. The van der Waals surface area contributed by atoms with Gasteiger partial charge in [0.2, 0.25) is 5.91 Å². The highest BCUT2D eigenvalue weighted by Crippen LogP contribution is 2.29. The van der Waals surface area contributed by atoms with Gasteiger partial charge in [-0.15, -0.1) is 11.3 Å². The van der Waals surface area contributed by atoms with Crippen molar-refractivity contribution in [3.63, 3.8) is 0 Å². The number of hydrogen-bond acceptors (Lipinski definition) is 6. The van der Waals surface area contributed by atoms with Gasteiger partial charge < -0.3 is 19.9 Å². The number of nitrogens with zero attached hydrogens (tertiary/aromatic N) is 2. The first-order chi connectivity index (χ1) is 15.0. The van der Waals surface area contributed by atoms with Gasteiger partial charge in [-0.25, -0.2) is 4.98 Å². The Morgan fingerprint density at radius 3 is 2.74 bits per heavy atom. The van der Waals surface area contributed by atoms with E-state index < -0.39 is 0 Å². The molecule has 0 unspecified atom stereocenters. The number of amides is 2. The van der Waals surface area contributed by atoms with Crippen LogP contribution in [0.5, 0.6) is 5.75 Å². The molecule has 8 nitrogen and oxygen atoms in total. The number of rotatable bonds is 5. The SMILES string of the molecule is COc1ccccc1CNC(=O)C1CCN(C(=O)c2sc3nc[nH]c(=O)c3c2C)CC1. The molecule has 2 aromatic heterocycles. The summed E-state index contributed by atoms with van der Waals surface area (Å²) in [4.78, 5) is 47.3. The number of ether oxygens (including phenoxy) is 1. The number of H-pyrrole nitrogens is 1. The van der Waals surface area contributed by atoms with Gasteiger partial charge in [-0.05, 0) is 31.4 Å². The summed E-state index contributed by atoms with van der Waals surface area (Å²) in [6.45, 7) is 3.19. The average molecular weight is 441 g/mol. The zero-order chi connectivity index (χ0) is 22.0. The van der Waals surface area contributed by atoms with E-state index in [0.29, 0.717) is 53.1 Å². The highest BCUT2D eigenvalue weighted by Gasteiger charge is 2.30. The Bertz CT molecular complexity index is 1180. The van der Waals surface area contributed by atoms with E-state index in [1.807, 2.05) is 24.3 Å². The van der Waals surface area contributed by atoms with Crippen molar-refractivity contribution in [3.8, 4) is 5.75 Å². The van der Waals surface area contributed by atoms with Crippen molar-refractivity contribution in [1.82, 2.24) is 20.2 Å². The van der Waals surface area contributed by atoms with Gasteiger partial charge in [0, 0.05) is 31.1 Å². The Hall–Kier alpha value is -3.20. The van der Waals surface area contributed by atoms with Crippen LogP contribution in [-0.4, -0.2) is 46.9 Å². The molecule has 3 aromatic rings. The van der Waals surface area contributed by atoms with Crippen LogP contribution in [0.15, 0.2) is 35.4 Å². The summed E-state index contributed by atoms with van der Waals surface area (Å²) >= 11 is 1.24. The Morgan fingerprint density at radius 1 is 1.29 bits per heavy atom. The summed E-state index contributed by atoms with van der Waals surface area (Å²) in [5, 5.41) is 3.46. The Balaban J connectivity index is 1.37. The third-order valence-electron chi connectivity index (χ3n) is 5.73. The number of nitrogens with one attached hydrogen (secondary N) is 2. The van der Waals surface area contributed by atoms with Crippen LogP contribution in [0.2, 0.25) is 0 Å². The number of aromatic nitrogens is 2. The molecule has 31 heavy (non-hydrogen) atoms. The Kier molecular flexibility index (Phi) is 6.03. The molecular formula is C22H24N4O4S. The van der Waals surface area contributed by atoms with Crippen molar-refractivity contribution in [2.45, 2.75) is 26.3 Å². The number of carbonyl (C=O) groups excluding carboxylic acids is 2. The van der Waals surface area contributed by atoms with Crippen molar-refractivity contribution in [2.24, 2.45) is 5.92 Å². The number of benzene rings is 1. The maximum atomic E-state index is 13.0. The number of hydrogen-bond donors (Lipinski definition) is 2. The summed E-state index contributed by atoms with van der Waals surface area (Å²) in [6, 6.07) is 7.59. The molecule has 0 radical (unpaired) electrons. The van der Waals surface area contributed by atoms with E-state index in [1.165, 1.54) is 17.7 Å². The fourth-order valence-electron chi connectivity index (χ4n) is 3.95. The second kappa shape index (κ2) is 8.89. The number of aromatic amines is 1. The normalized spacial score (nSPS) is 14.6. The average Bonchev–Trinajstić information content (AvgIpc) is 3.14. The number of aryl methyl sites for hydroxylation is 1. The predicted molar refractivity (Wildman–Crippen MR) is 118 cm³/mol. The lowest BCUT2D eigenvalue weighted by molar-refractivity contribution is -0.126. The summed E-state index contributed by atoms with van der Waals surface area (Å²) in [7, 11) is 1.61. The van der Waals surface area contributed by atoms with Gasteiger partial charge >= 0.3 is 0 Å². The molecule has 1 aliphatic rings. The fraction of sp³-hybridized carbons (Fsp3) is 0.364. The summed E-state index contributed by atoms with van der Waals surface area (Å²) in [5.41, 5.74) is 1.36. The van der Waals surface area contributed by atoms with Gasteiger partial charge in [0.15, 0.2) is 0 Å². The molecular weight excluding hydrogens is 416 g/mol. The van der Waals surface area contributed by atoms with Crippen LogP contribution in [0.1, 0.15) is 33.6 Å². The van der Waals surface area contributed by atoms with Gasteiger partial charge in [0.05, 0.1) is 23.7 Å². The molecule has 0 spiro atoms. The van der Waals surface area contributed by atoms with Crippen molar-refractivity contribution in [3.05, 3.63) is 57.0 Å². The number of thiophene rings is 1. The number of carbonyl (C=O) groups is 2. The first-order valence-electron chi connectivity index (χ1n) is 10.1. The quantitative estimate of drug-likeness (QED) is 0.634. The molecule has 1 fully saturated rings. The molecule has 0 saturated carbocycles. The fourth-order valence-corrected chi connectivity index (χ4v) is 5.06. The summed E-state index contributed by atoms with van der Waals surface area (Å²) in [5.74, 6) is 0.501. The minimum Gasteiger partial charge on any atom is -0.496 e. The smallest absolute Gasteiger partial charge is 0.264 e. The van der Waals surface area contributed by atoms with Gasteiger partial charge in [-0.1, -0.05) is 18.2 Å². The molecule has 2 amide bonds. The maximum Gasteiger partial charge on any atom is 0.264 e. The van der Waals surface area contributed by atoms with Crippen LogP contribution >= 0.6 is 11.3 Å². The lowest BCUT2D eigenvalue weighted by atomic mass is 9.95. The van der Waals surface area contributed by atoms with E-state index in [0.717, 1.165) is 11.3 Å². The molecule has 1 aromatic carbocycles. The predicted octanol–water partition coefficient (Wildman–Crippen LogP) is 2.47. The van der Waals surface area contributed by atoms with Crippen molar-refractivity contribution < 1.29 is 14.3 Å². The molecule has 0 aliphatic carbocycles. The van der Waals surface area contributed by atoms with E-state index in [9.17, 15) is 14.4 Å². The van der Waals surface area contributed by atoms with Gasteiger partial charge in [-0.3, -0.25) is 14.4 Å². The van der Waals surface area contributed by atoms with Crippen LogP contribution in [-0.2, 0) is 11.3 Å². The highest BCUT2D eigenvalue weighted by molar-refractivity contribution is 7.20. The van der Waals surface area contributed by atoms with E-state index in [2.05, 4.69) is 15.3 Å².